The summed E-state index contributed by atoms with van der Waals surface area (Å²) >= 11 is 0. The van der Waals surface area contributed by atoms with E-state index in [9.17, 15) is 4.79 Å². The van der Waals surface area contributed by atoms with Crippen molar-refractivity contribution in [1.29, 1.82) is 0 Å². The number of amides is 1. The molecule has 2 aromatic heterocycles. The Morgan fingerprint density at radius 1 is 1.12 bits per heavy atom. The predicted octanol–water partition coefficient (Wildman–Crippen LogP) is 4.06. The third-order valence-corrected chi connectivity index (χ3v) is 3.75. The molecular weight excluding hydrogens is 316 g/mol. The summed E-state index contributed by atoms with van der Waals surface area (Å²) in [6.45, 7) is 4.67. The van der Waals surface area contributed by atoms with Gasteiger partial charge in [-0.15, -0.1) is 0 Å². The normalized spacial score (nSPS) is 10.7. The molecule has 1 aromatic carbocycles. The van der Waals surface area contributed by atoms with Crippen molar-refractivity contribution < 1.29 is 9.21 Å². The van der Waals surface area contributed by atoms with Gasteiger partial charge >= 0.3 is 0 Å². The Labute approximate surface area is 146 Å². The first-order valence-corrected chi connectivity index (χ1v) is 8.12. The maximum absolute atomic E-state index is 12.4. The molecule has 0 aliphatic rings. The highest BCUT2D eigenvalue weighted by molar-refractivity contribution is 6.04. The molecule has 0 unspecified atom stereocenters. The number of carbonyl (C=O) groups excluding carboxylic acids is 1. The van der Waals surface area contributed by atoms with Crippen LogP contribution in [0.15, 0.2) is 59.5 Å². The zero-order valence-corrected chi connectivity index (χ0v) is 14.2. The molecule has 0 aliphatic carbocycles. The molecule has 25 heavy (non-hydrogen) atoms. The minimum Gasteiger partial charge on any atom is -0.467 e. The number of nitrogens with one attached hydrogen (secondary N) is 2. The lowest BCUT2D eigenvalue weighted by Gasteiger charge is -2.13. The molecule has 3 rings (SSSR count). The molecular formula is C19H20N4O2. The summed E-state index contributed by atoms with van der Waals surface area (Å²) in [5, 5.41) is 5.97. The number of anilines is 2. The Morgan fingerprint density at radius 3 is 2.56 bits per heavy atom. The summed E-state index contributed by atoms with van der Waals surface area (Å²) in [6.07, 6.45) is 4.62. The number of aromatic nitrogens is 2. The average Bonchev–Trinajstić information content (AvgIpc) is 3.14. The number of carbonyl (C=O) groups is 1. The van der Waals surface area contributed by atoms with Gasteiger partial charge in [-0.2, -0.15) is 0 Å². The minimum absolute atomic E-state index is 0.231. The molecule has 1 amide bonds. The van der Waals surface area contributed by atoms with E-state index in [1.165, 1.54) is 12.4 Å². The summed E-state index contributed by atoms with van der Waals surface area (Å²) in [5.41, 5.74) is 2.30. The first-order valence-electron chi connectivity index (χ1n) is 8.12. The molecule has 3 aromatic rings. The van der Waals surface area contributed by atoms with Gasteiger partial charge in [0.05, 0.1) is 18.4 Å². The zero-order valence-electron chi connectivity index (χ0n) is 14.2. The fourth-order valence-corrected chi connectivity index (χ4v) is 2.42. The second-order valence-corrected chi connectivity index (χ2v) is 5.92. The molecule has 0 fully saturated rings. The Balaban J connectivity index is 1.65. The molecule has 0 saturated carbocycles. The van der Waals surface area contributed by atoms with Crippen LogP contribution in [0.2, 0.25) is 0 Å². The van der Waals surface area contributed by atoms with Gasteiger partial charge in [-0.25, -0.2) is 9.97 Å². The van der Waals surface area contributed by atoms with E-state index in [1.807, 2.05) is 36.4 Å². The summed E-state index contributed by atoms with van der Waals surface area (Å²) in [5.74, 6) is 1.32. The molecule has 6 nitrogen and oxygen atoms in total. The number of furan rings is 1. The number of hydrogen-bond donors (Lipinski definition) is 2. The maximum Gasteiger partial charge on any atom is 0.258 e. The second kappa shape index (κ2) is 7.61. The lowest BCUT2D eigenvalue weighted by Crippen LogP contribution is -2.15. The van der Waals surface area contributed by atoms with Crippen LogP contribution in [0.1, 0.15) is 41.4 Å². The third-order valence-electron chi connectivity index (χ3n) is 3.75. The van der Waals surface area contributed by atoms with Gasteiger partial charge in [0.25, 0.3) is 5.91 Å². The van der Waals surface area contributed by atoms with Crippen molar-refractivity contribution in [1.82, 2.24) is 9.97 Å². The van der Waals surface area contributed by atoms with Crippen LogP contribution in [0.25, 0.3) is 0 Å². The lowest BCUT2D eigenvalue weighted by atomic mass is 10.0. The van der Waals surface area contributed by atoms with Crippen LogP contribution < -0.4 is 10.6 Å². The van der Waals surface area contributed by atoms with Gasteiger partial charge in [-0.05, 0) is 29.7 Å². The van der Waals surface area contributed by atoms with Crippen molar-refractivity contribution in [2.75, 3.05) is 10.6 Å². The Hall–Kier alpha value is -3.15. The number of hydrogen-bond acceptors (Lipinski definition) is 5. The van der Waals surface area contributed by atoms with Gasteiger partial charge in [0.1, 0.15) is 5.76 Å². The van der Waals surface area contributed by atoms with Crippen LogP contribution in [-0.2, 0) is 6.54 Å². The van der Waals surface area contributed by atoms with Crippen molar-refractivity contribution in [2.45, 2.75) is 26.3 Å². The number of rotatable bonds is 6. The van der Waals surface area contributed by atoms with E-state index < -0.39 is 0 Å². The van der Waals surface area contributed by atoms with Crippen molar-refractivity contribution >= 4 is 17.5 Å². The molecule has 6 heteroatoms. The average molecular weight is 336 g/mol. The first-order chi connectivity index (χ1) is 12.1. The van der Waals surface area contributed by atoms with Gasteiger partial charge in [-0.3, -0.25) is 4.79 Å². The van der Waals surface area contributed by atoms with E-state index in [0.29, 0.717) is 24.0 Å². The fourth-order valence-electron chi connectivity index (χ4n) is 2.42. The van der Waals surface area contributed by atoms with Crippen LogP contribution in [0.5, 0.6) is 0 Å². The first kappa shape index (κ1) is 16.7. The highest BCUT2D eigenvalue weighted by atomic mass is 16.3. The highest BCUT2D eigenvalue weighted by Gasteiger charge is 2.12. The smallest absolute Gasteiger partial charge is 0.258 e. The predicted molar refractivity (Wildman–Crippen MR) is 96.6 cm³/mol. The van der Waals surface area contributed by atoms with Crippen LogP contribution in [0.4, 0.5) is 11.6 Å². The molecule has 0 bridgehead atoms. The standard InChI is InChI=1S/C19H20N4O2/c1-13(2)16-7-3-4-8-17(16)23-18(24)14-10-20-19(21-11-14)22-12-15-6-5-9-25-15/h3-11,13H,12H2,1-2H3,(H,23,24)(H,20,21,22). The number of nitrogens with zero attached hydrogens (tertiary/aromatic N) is 2. The van der Waals surface area contributed by atoms with E-state index >= 15 is 0 Å². The molecule has 2 heterocycles. The fraction of sp³-hybridized carbons (Fsp3) is 0.211. The maximum atomic E-state index is 12.4. The van der Waals surface area contributed by atoms with E-state index in [0.717, 1.165) is 17.0 Å². The molecule has 0 aliphatic heterocycles. The quantitative estimate of drug-likeness (QED) is 0.709. The lowest BCUT2D eigenvalue weighted by molar-refractivity contribution is 0.102. The second-order valence-electron chi connectivity index (χ2n) is 5.92. The van der Waals surface area contributed by atoms with Gasteiger partial charge in [-0.1, -0.05) is 32.0 Å². The van der Waals surface area contributed by atoms with Crippen LogP contribution >= 0.6 is 0 Å². The zero-order chi connectivity index (χ0) is 17.6. The van der Waals surface area contributed by atoms with Crippen molar-refractivity contribution in [2.24, 2.45) is 0 Å². The largest absolute Gasteiger partial charge is 0.467 e. The third kappa shape index (κ3) is 4.23. The van der Waals surface area contributed by atoms with Crippen molar-refractivity contribution in [3.05, 3.63) is 71.9 Å². The van der Waals surface area contributed by atoms with Crippen molar-refractivity contribution in [3.8, 4) is 0 Å². The molecule has 0 saturated heterocycles. The Kier molecular flexibility index (Phi) is 5.09. The van der Waals surface area contributed by atoms with Crippen LogP contribution in [0, 0.1) is 0 Å². The Morgan fingerprint density at radius 2 is 1.88 bits per heavy atom. The van der Waals surface area contributed by atoms with Crippen molar-refractivity contribution in [3.63, 3.8) is 0 Å². The molecule has 0 spiro atoms. The molecule has 0 atom stereocenters. The minimum atomic E-state index is -0.231. The number of para-hydroxylation sites is 1. The van der Waals surface area contributed by atoms with Crippen LogP contribution in [0.3, 0.4) is 0 Å². The van der Waals surface area contributed by atoms with E-state index in [-0.39, 0.29) is 5.91 Å². The molecule has 2 N–H and O–H groups in total. The summed E-state index contributed by atoms with van der Waals surface area (Å²) < 4.78 is 5.23. The Bertz CT molecular complexity index is 827. The summed E-state index contributed by atoms with van der Waals surface area (Å²) in [4.78, 5) is 20.8. The van der Waals surface area contributed by atoms with E-state index in [1.54, 1.807) is 6.26 Å². The highest BCUT2D eigenvalue weighted by Crippen LogP contribution is 2.24. The van der Waals surface area contributed by atoms with Gasteiger partial charge in [0.2, 0.25) is 5.95 Å². The molecule has 0 radical (unpaired) electrons. The van der Waals surface area contributed by atoms with Crippen LogP contribution in [-0.4, -0.2) is 15.9 Å². The SMILES string of the molecule is CC(C)c1ccccc1NC(=O)c1cnc(NCc2ccco2)nc1. The molecule has 128 valence electrons. The summed E-state index contributed by atoms with van der Waals surface area (Å²) in [7, 11) is 0. The van der Waals surface area contributed by atoms with E-state index in [2.05, 4.69) is 34.4 Å². The number of benzene rings is 1. The van der Waals surface area contributed by atoms with E-state index in [4.69, 9.17) is 4.42 Å². The topological polar surface area (TPSA) is 80.0 Å². The monoisotopic (exact) mass is 336 g/mol. The summed E-state index contributed by atoms with van der Waals surface area (Å²) in [6, 6.07) is 11.5. The van der Waals surface area contributed by atoms with Gasteiger partial charge in [0, 0.05) is 18.1 Å². The van der Waals surface area contributed by atoms with Gasteiger partial charge < -0.3 is 15.1 Å². The van der Waals surface area contributed by atoms with Gasteiger partial charge in [0.15, 0.2) is 0 Å².